The van der Waals surface area contributed by atoms with E-state index >= 15 is 0 Å². The van der Waals surface area contributed by atoms with Gasteiger partial charge in [-0.25, -0.2) is 9.97 Å². The van der Waals surface area contributed by atoms with Crippen LogP contribution < -0.4 is 21.3 Å². The molecule has 6 rings (SSSR count). The van der Waals surface area contributed by atoms with Crippen LogP contribution in [0.2, 0.25) is 0 Å². The van der Waals surface area contributed by atoms with Crippen LogP contribution >= 0.6 is 0 Å². The third kappa shape index (κ3) is 6.35. The zero-order chi connectivity index (χ0) is 29.1. The van der Waals surface area contributed by atoms with Gasteiger partial charge in [0, 0.05) is 75.9 Å². The molecular formula is C30H42N10O2. The number of hydrogen-bond acceptors (Lipinski definition) is 10. The van der Waals surface area contributed by atoms with E-state index in [4.69, 9.17) is 20.4 Å². The molecule has 0 bridgehead atoms. The second kappa shape index (κ2) is 12.6. The lowest BCUT2D eigenvalue weighted by Crippen LogP contribution is -2.52. The van der Waals surface area contributed by atoms with Crippen LogP contribution in [0.5, 0.6) is 0 Å². The van der Waals surface area contributed by atoms with Gasteiger partial charge in [-0.3, -0.25) is 14.8 Å². The summed E-state index contributed by atoms with van der Waals surface area (Å²) in [5, 5.41) is 14.0. The molecule has 3 saturated heterocycles. The number of aromatic amines is 1. The molecule has 3 aromatic rings. The number of primary amides is 1. The van der Waals surface area contributed by atoms with E-state index in [1.165, 1.54) is 31.6 Å². The molecule has 5 N–H and O–H groups in total. The molecule has 0 spiro atoms. The molecule has 2 aromatic heterocycles. The highest BCUT2D eigenvalue weighted by molar-refractivity contribution is 5.97. The van der Waals surface area contributed by atoms with E-state index in [9.17, 15) is 4.79 Å². The molecule has 12 heteroatoms. The van der Waals surface area contributed by atoms with E-state index in [1.54, 1.807) is 6.20 Å². The molecule has 224 valence electrons. The number of piperidine rings is 1. The molecule has 3 fully saturated rings. The Hall–Kier alpha value is -3.74. The Morgan fingerprint density at radius 2 is 1.69 bits per heavy atom. The Morgan fingerprint density at radius 3 is 2.33 bits per heavy atom. The monoisotopic (exact) mass is 574 g/mol. The van der Waals surface area contributed by atoms with Gasteiger partial charge in [-0.2, -0.15) is 5.10 Å². The van der Waals surface area contributed by atoms with Crippen LogP contribution in [-0.4, -0.2) is 107 Å². The van der Waals surface area contributed by atoms with Gasteiger partial charge in [-0.05, 0) is 69.5 Å². The summed E-state index contributed by atoms with van der Waals surface area (Å²) in [6, 6.07) is 9.15. The standard InChI is InChI=1S/C30H42N10O2/c1-20-19-32-37-25(20)26-29(34-22-9-17-42-18-10-22)36-30(27(35-26)28(31)41)33-21-3-5-23(6-4-21)39-11-7-24(8-12-39)40-15-13-38(2)14-16-40/h3-6,19,22,24H,7-18H2,1-2H3,(H2,31,41)(H,32,37)(H2,33,34,36). The lowest BCUT2D eigenvalue weighted by atomic mass is 10.0. The summed E-state index contributed by atoms with van der Waals surface area (Å²) in [6.07, 6.45) is 5.81. The van der Waals surface area contributed by atoms with Crippen molar-refractivity contribution >= 4 is 28.9 Å². The molecule has 1 aromatic carbocycles. The topological polar surface area (TPSA) is 141 Å². The van der Waals surface area contributed by atoms with Crippen molar-refractivity contribution in [1.29, 1.82) is 0 Å². The van der Waals surface area contributed by atoms with Gasteiger partial charge in [-0.15, -0.1) is 0 Å². The molecule has 3 aliphatic heterocycles. The molecule has 5 heterocycles. The van der Waals surface area contributed by atoms with Gasteiger partial charge in [0.1, 0.15) is 5.69 Å². The van der Waals surface area contributed by atoms with Gasteiger partial charge in [0.25, 0.3) is 5.91 Å². The van der Waals surface area contributed by atoms with Crippen LogP contribution in [0.4, 0.5) is 23.0 Å². The summed E-state index contributed by atoms with van der Waals surface area (Å²) in [7, 11) is 2.21. The van der Waals surface area contributed by atoms with E-state index in [0.29, 0.717) is 42.3 Å². The van der Waals surface area contributed by atoms with Crippen molar-refractivity contribution in [2.45, 2.75) is 44.7 Å². The number of nitrogens with two attached hydrogens (primary N) is 1. The Labute approximate surface area is 247 Å². The summed E-state index contributed by atoms with van der Waals surface area (Å²) in [5.74, 6) is 0.237. The largest absolute Gasteiger partial charge is 0.381 e. The van der Waals surface area contributed by atoms with Crippen molar-refractivity contribution in [3.05, 3.63) is 41.7 Å². The third-order valence-corrected chi connectivity index (χ3v) is 8.77. The van der Waals surface area contributed by atoms with Gasteiger partial charge in [0.15, 0.2) is 17.3 Å². The highest BCUT2D eigenvalue weighted by Crippen LogP contribution is 2.32. The first-order valence-electron chi connectivity index (χ1n) is 15.1. The molecular weight excluding hydrogens is 532 g/mol. The fourth-order valence-electron chi connectivity index (χ4n) is 6.16. The molecule has 1 amide bonds. The summed E-state index contributed by atoms with van der Waals surface area (Å²) in [4.78, 5) is 29.6. The van der Waals surface area contributed by atoms with E-state index in [1.807, 2.05) is 19.1 Å². The number of aryl methyl sites for hydroxylation is 1. The molecule has 42 heavy (non-hydrogen) atoms. The minimum absolute atomic E-state index is 0.0755. The summed E-state index contributed by atoms with van der Waals surface area (Å²) < 4.78 is 5.53. The maximum atomic E-state index is 12.5. The van der Waals surface area contributed by atoms with Crippen molar-refractivity contribution < 1.29 is 9.53 Å². The number of H-pyrrole nitrogens is 1. The van der Waals surface area contributed by atoms with Crippen molar-refractivity contribution in [1.82, 2.24) is 30.0 Å². The minimum atomic E-state index is -0.652. The molecule has 0 atom stereocenters. The number of nitrogens with zero attached hydrogens (tertiary/aromatic N) is 6. The molecule has 0 unspecified atom stereocenters. The van der Waals surface area contributed by atoms with Crippen molar-refractivity contribution in [2.75, 3.05) is 75.1 Å². The van der Waals surface area contributed by atoms with Crippen LogP contribution in [0.1, 0.15) is 41.7 Å². The average molecular weight is 575 g/mol. The second-order valence-electron chi connectivity index (χ2n) is 11.7. The number of carbonyl (C=O) groups is 1. The predicted molar refractivity (Wildman–Crippen MR) is 164 cm³/mol. The highest BCUT2D eigenvalue weighted by atomic mass is 16.5. The molecule has 0 aliphatic carbocycles. The number of aromatic nitrogens is 4. The minimum Gasteiger partial charge on any atom is -0.381 e. The molecule has 3 aliphatic rings. The molecule has 12 nitrogen and oxygen atoms in total. The first-order chi connectivity index (χ1) is 20.4. The quantitative estimate of drug-likeness (QED) is 0.317. The van der Waals surface area contributed by atoms with Crippen LogP contribution in [0.3, 0.4) is 0 Å². The lowest BCUT2D eigenvalue weighted by molar-refractivity contribution is 0.0904. The van der Waals surface area contributed by atoms with Gasteiger partial charge >= 0.3 is 0 Å². The van der Waals surface area contributed by atoms with Crippen molar-refractivity contribution in [2.24, 2.45) is 5.73 Å². The Kier molecular flexibility index (Phi) is 8.54. The predicted octanol–water partition coefficient (Wildman–Crippen LogP) is 2.82. The van der Waals surface area contributed by atoms with Crippen molar-refractivity contribution in [3.8, 4) is 11.4 Å². The summed E-state index contributed by atoms with van der Waals surface area (Å²) in [6.45, 7) is 10.1. The van der Waals surface area contributed by atoms with Crippen molar-refractivity contribution in [3.63, 3.8) is 0 Å². The average Bonchev–Trinajstić information content (AvgIpc) is 3.44. The summed E-state index contributed by atoms with van der Waals surface area (Å²) in [5.41, 5.74) is 10.0. The van der Waals surface area contributed by atoms with Crippen LogP contribution in [0.15, 0.2) is 30.5 Å². The number of anilines is 4. The fourth-order valence-corrected chi connectivity index (χ4v) is 6.16. The fraction of sp³-hybridized carbons (Fsp3) is 0.533. The first kappa shape index (κ1) is 28.4. The number of likely N-dealkylation sites (N-methyl/N-ethyl adjacent to an activating group) is 1. The van der Waals surface area contributed by atoms with Gasteiger partial charge in [0.05, 0.1) is 11.9 Å². The maximum Gasteiger partial charge on any atom is 0.271 e. The number of ether oxygens (including phenoxy) is 1. The zero-order valence-corrected chi connectivity index (χ0v) is 24.6. The first-order valence-corrected chi connectivity index (χ1v) is 15.1. The second-order valence-corrected chi connectivity index (χ2v) is 11.7. The number of nitrogens with one attached hydrogen (secondary N) is 3. The zero-order valence-electron chi connectivity index (χ0n) is 24.6. The van der Waals surface area contributed by atoms with Gasteiger partial charge < -0.3 is 30.9 Å². The number of carbonyl (C=O) groups excluding carboxylic acids is 1. The van der Waals surface area contributed by atoms with E-state index in [-0.39, 0.29) is 11.7 Å². The SMILES string of the molecule is Cc1cn[nH]c1-c1nc(C(N)=O)c(Nc2ccc(N3CCC(N4CCN(C)CC4)CC3)cc2)nc1NC1CCOCC1. The maximum absolute atomic E-state index is 12.5. The lowest BCUT2D eigenvalue weighted by Gasteiger charge is -2.42. The van der Waals surface area contributed by atoms with E-state index < -0.39 is 5.91 Å². The Bertz CT molecular complexity index is 1350. The third-order valence-electron chi connectivity index (χ3n) is 8.77. The number of amides is 1. The van der Waals surface area contributed by atoms with Crippen LogP contribution in [0.25, 0.3) is 11.4 Å². The smallest absolute Gasteiger partial charge is 0.271 e. The number of piperazine rings is 1. The van der Waals surface area contributed by atoms with Gasteiger partial charge in [-0.1, -0.05) is 0 Å². The Morgan fingerprint density at radius 1 is 0.976 bits per heavy atom. The van der Waals surface area contributed by atoms with E-state index in [0.717, 1.165) is 50.3 Å². The number of hydrogen-bond donors (Lipinski definition) is 4. The van der Waals surface area contributed by atoms with Gasteiger partial charge in [0.2, 0.25) is 0 Å². The summed E-state index contributed by atoms with van der Waals surface area (Å²) >= 11 is 0. The number of rotatable bonds is 8. The van der Waals surface area contributed by atoms with Crippen LogP contribution in [-0.2, 0) is 4.74 Å². The molecule has 0 radical (unpaired) electrons. The molecule has 0 saturated carbocycles. The van der Waals surface area contributed by atoms with Crippen LogP contribution in [0, 0.1) is 6.92 Å². The Balaban J connectivity index is 1.18. The van der Waals surface area contributed by atoms with E-state index in [2.05, 4.69) is 54.7 Å². The normalized spacial score (nSPS) is 19.6. The number of benzene rings is 1. The highest BCUT2D eigenvalue weighted by Gasteiger charge is 2.27.